The normalized spacial score (nSPS) is 18.5. The molecule has 0 aliphatic heterocycles. The molecule has 0 saturated carbocycles. The van der Waals surface area contributed by atoms with Gasteiger partial charge in [-0.2, -0.15) is 8.42 Å². The molecule has 1 N–H and O–H groups in total. The molecule has 0 saturated heterocycles. The first-order valence-corrected chi connectivity index (χ1v) is 7.01. The van der Waals surface area contributed by atoms with Gasteiger partial charge in [-0.25, -0.2) is 4.79 Å². The van der Waals surface area contributed by atoms with Gasteiger partial charge in [0.25, 0.3) is 0 Å². The van der Waals surface area contributed by atoms with Gasteiger partial charge < -0.3 is 10.1 Å². The van der Waals surface area contributed by atoms with Crippen molar-refractivity contribution in [2.75, 3.05) is 6.54 Å². The maximum absolute atomic E-state index is 11.4. The lowest BCUT2D eigenvalue weighted by atomic mass is 9.91. The molecule has 0 fully saturated rings. The van der Waals surface area contributed by atoms with Gasteiger partial charge in [0, 0.05) is 6.54 Å². The highest BCUT2D eigenvalue weighted by Crippen LogP contribution is 2.22. The zero-order valence-corrected chi connectivity index (χ0v) is 12.8. The molecule has 0 heterocycles. The van der Waals surface area contributed by atoms with Crippen LogP contribution in [0.3, 0.4) is 0 Å². The first-order chi connectivity index (χ1) is 8.78. The molecular formula is C13H23NO4S. The van der Waals surface area contributed by atoms with Crippen LogP contribution in [0.4, 0.5) is 4.79 Å². The second kappa shape index (κ2) is 8.85. The van der Waals surface area contributed by atoms with Crippen LogP contribution in [0.5, 0.6) is 0 Å². The van der Waals surface area contributed by atoms with E-state index in [0.29, 0.717) is 6.54 Å². The van der Waals surface area contributed by atoms with Crippen molar-refractivity contribution < 1.29 is 17.9 Å². The SMILES string of the molecule is CC1CC=C(CNC(=O)OC(C)(C)C)CC1.O=S=O. The van der Waals surface area contributed by atoms with Crippen molar-refractivity contribution >= 4 is 17.7 Å². The average molecular weight is 289 g/mol. The van der Waals surface area contributed by atoms with Crippen molar-refractivity contribution in [2.24, 2.45) is 5.92 Å². The lowest BCUT2D eigenvalue weighted by Crippen LogP contribution is -2.33. The number of carbonyl (C=O) groups is 1. The summed E-state index contributed by atoms with van der Waals surface area (Å²) in [4.78, 5) is 11.4. The molecule has 5 nitrogen and oxygen atoms in total. The average Bonchev–Trinajstić information content (AvgIpc) is 2.27. The summed E-state index contributed by atoms with van der Waals surface area (Å²) < 4.78 is 21.8. The number of hydrogen-bond acceptors (Lipinski definition) is 4. The Hall–Kier alpha value is -1.17. The highest BCUT2D eigenvalue weighted by Gasteiger charge is 2.16. The Labute approximate surface area is 118 Å². The van der Waals surface area contributed by atoms with E-state index in [1.54, 1.807) is 0 Å². The first-order valence-electron chi connectivity index (χ1n) is 6.35. The fourth-order valence-corrected chi connectivity index (χ4v) is 1.68. The van der Waals surface area contributed by atoms with Gasteiger partial charge in [-0.3, -0.25) is 0 Å². The maximum atomic E-state index is 11.4. The summed E-state index contributed by atoms with van der Waals surface area (Å²) in [7, 11) is 0. The smallest absolute Gasteiger partial charge is 0.407 e. The number of allylic oxidation sites excluding steroid dienone is 1. The van der Waals surface area contributed by atoms with Crippen molar-refractivity contribution in [3.8, 4) is 0 Å². The predicted molar refractivity (Wildman–Crippen MR) is 74.3 cm³/mol. The first kappa shape index (κ1) is 17.8. The quantitative estimate of drug-likeness (QED) is 0.793. The van der Waals surface area contributed by atoms with Crippen LogP contribution in [-0.2, 0) is 16.3 Å². The number of carbonyl (C=O) groups excluding carboxylic acids is 1. The molecule has 6 heteroatoms. The van der Waals surface area contributed by atoms with E-state index >= 15 is 0 Å². The Balaban J connectivity index is 0.000000982. The topological polar surface area (TPSA) is 72.5 Å². The van der Waals surface area contributed by atoms with Crippen LogP contribution < -0.4 is 5.32 Å². The third-order valence-electron chi connectivity index (χ3n) is 2.63. The molecule has 19 heavy (non-hydrogen) atoms. The molecule has 110 valence electrons. The summed E-state index contributed by atoms with van der Waals surface area (Å²) in [5.41, 5.74) is 0.906. The van der Waals surface area contributed by atoms with Crippen LogP contribution in [0.15, 0.2) is 11.6 Å². The van der Waals surface area contributed by atoms with Crippen molar-refractivity contribution in [1.82, 2.24) is 5.32 Å². The van der Waals surface area contributed by atoms with E-state index < -0.39 is 17.2 Å². The molecule has 0 aromatic carbocycles. The fraction of sp³-hybridized carbons (Fsp3) is 0.769. The molecule has 1 atom stereocenters. The van der Waals surface area contributed by atoms with Gasteiger partial charge in [0.2, 0.25) is 0 Å². The Morgan fingerprint density at radius 2 is 2.05 bits per heavy atom. The van der Waals surface area contributed by atoms with E-state index in [4.69, 9.17) is 13.2 Å². The minimum absolute atomic E-state index is 0.327. The van der Waals surface area contributed by atoms with Gasteiger partial charge in [0.05, 0.1) is 0 Å². The van der Waals surface area contributed by atoms with Crippen molar-refractivity contribution in [1.29, 1.82) is 0 Å². The Kier molecular flexibility index (Phi) is 8.30. The van der Waals surface area contributed by atoms with Gasteiger partial charge in [-0.05, 0) is 46.0 Å². The molecule has 0 bridgehead atoms. The summed E-state index contributed by atoms with van der Waals surface area (Å²) >= 11 is -0.750. The summed E-state index contributed by atoms with van der Waals surface area (Å²) in [5, 5.41) is 2.79. The molecule has 1 aliphatic rings. The Morgan fingerprint density at radius 1 is 1.47 bits per heavy atom. The largest absolute Gasteiger partial charge is 0.444 e. The Bertz CT molecular complexity index is 354. The van der Waals surface area contributed by atoms with E-state index in [-0.39, 0.29) is 6.09 Å². The molecule has 0 aromatic heterocycles. The van der Waals surface area contributed by atoms with Crippen LogP contribution in [0, 0.1) is 5.92 Å². The van der Waals surface area contributed by atoms with Crippen molar-refractivity contribution in [3.05, 3.63) is 11.6 Å². The zero-order chi connectivity index (χ0) is 14.9. The number of hydrogen-bond donors (Lipinski definition) is 1. The molecule has 1 unspecified atom stereocenters. The lowest BCUT2D eigenvalue weighted by Gasteiger charge is -2.21. The van der Waals surface area contributed by atoms with Gasteiger partial charge in [0.15, 0.2) is 0 Å². The second-order valence-corrected chi connectivity index (χ2v) is 5.80. The summed E-state index contributed by atoms with van der Waals surface area (Å²) in [5.74, 6) is 0.783. The van der Waals surface area contributed by atoms with Crippen LogP contribution in [0.2, 0.25) is 0 Å². The van der Waals surface area contributed by atoms with E-state index in [0.717, 1.165) is 18.8 Å². The zero-order valence-electron chi connectivity index (χ0n) is 12.0. The van der Waals surface area contributed by atoms with Gasteiger partial charge >= 0.3 is 17.7 Å². The molecule has 1 rings (SSSR count). The highest BCUT2D eigenvalue weighted by molar-refractivity contribution is 7.51. The van der Waals surface area contributed by atoms with E-state index in [1.807, 2.05) is 20.8 Å². The van der Waals surface area contributed by atoms with Crippen LogP contribution in [-0.4, -0.2) is 26.7 Å². The van der Waals surface area contributed by atoms with E-state index in [2.05, 4.69) is 18.3 Å². The number of ether oxygens (including phenoxy) is 1. The maximum Gasteiger partial charge on any atom is 0.407 e. The van der Waals surface area contributed by atoms with Crippen molar-refractivity contribution in [2.45, 2.75) is 52.6 Å². The lowest BCUT2D eigenvalue weighted by molar-refractivity contribution is 0.0532. The fourth-order valence-electron chi connectivity index (χ4n) is 1.68. The molecule has 0 aromatic rings. The van der Waals surface area contributed by atoms with Gasteiger partial charge in [-0.1, -0.05) is 18.6 Å². The third kappa shape index (κ3) is 10.4. The summed E-state index contributed by atoms with van der Waals surface area (Å²) in [6.45, 7) is 8.49. The van der Waals surface area contributed by atoms with Crippen LogP contribution >= 0.6 is 0 Å². The standard InChI is InChI=1S/C13H23NO2.O2S/c1-10-5-7-11(8-6-10)9-14-12(15)16-13(2,3)4;1-3-2/h7,10H,5-6,8-9H2,1-4H3,(H,14,15);. The molecule has 0 radical (unpaired) electrons. The monoisotopic (exact) mass is 289 g/mol. The van der Waals surface area contributed by atoms with E-state index in [1.165, 1.54) is 12.0 Å². The number of nitrogens with one attached hydrogen (secondary N) is 1. The second-order valence-electron chi connectivity index (χ2n) is 5.67. The molecule has 1 amide bonds. The molecule has 1 aliphatic carbocycles. The number of amides is 1. The van der Waals surface area contributed by atoms with E-state index in [9.17, 15) is 4.79 Å². The van der Waals surface area contributed by atoms with Gasteiger partial charge in [0.1, 0.15) is 5.60 Å². The highest BCUT2D eigenvalue weighted by atomic mass is 32.1. The van der Waals surface area contributed by atoms with Crippen LogP contribution in [0.1, 0.15) is 47.0 Å². The Morgan fingerprint density at radius 3 is 2.47 bits per heavy atom. The minimum Gasteiger partial charge on any atom is -0.444 e. The summed E-state index contributed by atoms with van der Waals surface area (Å²) in [6.07, 6.45) is 5.36. The van der Waals surface area contributed by atoms with Crippen molar-refractivity contribution in [3.63, 3.8) is 0 Å². The third-order valence-corrected chi connectivity index (χ3v) is 2.63. The summed E-state index contributed by atoms with van der Waals surface area (Å²) in [6, 6.07) is 0. The number of rotatable bonds is 2. The molecule has 0 spiro atoms. The predicted octanol–water partition coefficient (Wildman–Crippen LogP) is 2.59. The minimum atomic E-state index is -0.750. The van der Waals surface area contributed by atoms with Crippen LogP contribution in [0.25, 0.3) is 0 Å². The van der Waals surface area contributed by atoms with Gasteiger partial charge in [-0.15, -0.1) is 0 Å². The number of alkyl carbamates (subject to hydrolysis) is 1. The molecular weight excluding hydrogens is 266 g/mol.